The Bertz CT molecular complexity index is 1280. The van der Waals surface area contributed by atoms with Crippen LogP contribution in [0.25, 0.3) is 0 Å². The molecule has 0 radical (unpaired) electrons. The van der Waals surface area contributed by atoms with Crippen LogP contribution in [0.2, 0.25) is 5.02 Å². The zero-order chi connectivity index (χ0) is 25.8. The van der Waals surface area contributed by atoms with Gasteiger partial charge >= 0.3 is 6.18 Å². The first-order valence-corrected chi connectivity index (χ1v) is 12.9. The van der Waals surface area contributed by atoms with Crippen LogP contribution >= 0.6 is 11.6 Å². The molecule has 0 aromatic heterocycles. The number of amides is 1. The van der Waals surface area contributed by atoms with Crippen molar-refractivity contribution in [2.75, 3.05) is 17.1 Å². The Morgan fingerprint density at radius 2 is 1.66 bits per heavy atom. The van der Waals surface area contributed by atoms with E-state index in [1.807, 2.05) is 37.3 Å². The second kappa shape index (κ2) is 10.7. The van der Waals surface area contributed by atoms with E-state index in [2.05, 4.69) is 5.32 Å². The van der Waals surface area contributed by atoms with Gasteiger partial charge in [0.05, 0.1) is 29.1 Å². The molecule has 35 heavy (non-hydrogen) atoms. The third kappa shape index (κ3) is 6.99. The lowest BCUT2D eigenvalue weighted by Crippen LogP contribution is -2.30. The van der Waals surface area contributed by atoms with Gasteiger partial charge in [-0.15, -0.1) is 0 Å². The van der Waals surface area contributed by atoms with Crippen molar-refractivity contribution in [3.63, 3.8) is 0 Å². The zero-order valence-corrected chi connectivity index (χ0v) is 20.6. The molecule has 0 fully saturated rings. The lowest BCUT2D eigenvalue weighted by atomic mass is 10.0. The van der Waals surface area contributed by atoms with E-state index >= 15 is 0 Å². The van der Waals surface area contributed by atoms with Crippen LogP contribution in [0.15, 0.2) is 72.8 Å². The summed E-state index contributed by atoms with van der Waals surface area (Å²) in [5.74, 6) is -0.171. The smallest absolute Gasteiger partial charge is 0.351 e. The van der Waals surface area contributed by atoms with Crippen molar-refractivity contribution >= 4 is 33.2 Å². The van der Waals surface area contributed by atoms with Crippen LogP contribution < -0.4 is 9.62 Å². The third-order valence-corrected chi connectivity index (χ3v) is 6.89. The number of hydrogen-bond donors (Lipinski definition) is 1. The van der Waals surface area contributed by atoms with Crippen molar-refractivity contribution < 1.29 is 26.4 Å². The van der Waals surface area contributed by atoms with Crippen molar-refractivity contribution in [3.8, 4) is 0 Å². The van der Waals surface area contributed by atoms with Crippen LogP contribution in [0.5, 0.6) is 0 Å². The number of sulfonamides is 1. The fourth-order valence-electron chi connectivity index (χ4n) is 3.46. The summed E-state index contributed by atoms with van der Waals surface area (Å²) in [6.45, 7) is 2.22. The van der Waals surface area contributed by atoms with Gasteiger partial charge in [0, 0.05) is 12.1 Å². The quantitative estimate of drug-likeness (QED) is 0.401. The van der Waals surface area contributed by atoms with E-state index < -0.39 is 26.8 Å². The lowest BCUT2D eigenvalue weighted by molar-refractivity contribution is -0.137. The number of carbonyl (C=O) groups is 1. The number of nitrogens with zero attached hydrogens (tertiary/aromatic N) is 1. The molecule has 3 rings (SSSR count). The van der Waals surface area contributed by atoms with Crippen molar-refractivity contribution in [2.45, 2.75) is 25.6 Å². The molecule has 5 nitrogen and oxygen atoms in total. The molecule has 1 N–H and O–H groups in total. The van der Waals surface area contributed by atoms with E-state index in [0.29, 0.717) is 23.7 Å². The maximum atomic E-state index is 13.3. The summed E-state index contributed by atoms with van der Waals surface area (Å²) < 4.78 is 65.4. The number of carbonyl (C=O) groups excluding carboxylic acids is 1. The van der Waals surface area contributed by atoms with Crippen molar-refractivity contribution in [3.05, 3.63) is 100 Å². The molecule has 1 atom stereocenters. The molecular formula is C25H24ClF3N2O3S. The average Bonchev–Trinajstić information content (AvgIpc) is 2.81. The SMILES string of the molecule is CC(CNC(=O)c1ccc(CN(c2ccc(Cl)c(C(F)(F)F)c2)S(C)(=O)=O)cc1)c1ccccc1. The average molecular weight is 525 g/mol. The standard InChI is InChI=1S/C25H24ClF3N2O3S/c1-17(19-6-4-3-5-7-19)15-30-24(32)20-10-8-18(9-11-20)16-31(35(2,33)34)21-12-13-23(26)22(14-21)25(27,28)29/h3-14,17H,15-16H2,1-2H3,(H,30,32). The molecule has 0 saturated heterocycles. The van der Waals surface area contributed by atoms with E-state index in [9.17, 15) is 26.4 Å². The van der Waals surface area contributed by atoms with Gasteiger partial charge in [-0.25, -0.2) is 8.42 Å². The van der Waals surface area contributed by atoms with Gasteiger partial charge in [-0.1, -0.05) is 61.0 Å². The van der Waals surface area contributed by atoms with E-state index in [4.69, 9.17) is 11.6 Å². The highest BCUT2D eigenvalue weighted by Crippen LogP contribution is 2.37. The number of hydrogen-bond acceptors (Lipinski definition) is 3. The maximum absolute atomic E-state index is 13.3. The number of halogens is 4. The van der Waals surface area contributed by atoms with Gasteiger partial charge in [0.1, 0.15) is 0 Å². The summed E-state index contributed by atoms with van der Waals surface area (Å²) in [5, 5.41) is 2.35. The molecule has 0 saturated carbocycles. The highest BCUT2D eigenvalue weighted by atomic mass is 35.5. The molecule has 3 aromatic carbocycles. The van der Waals surface area contributed by atoms with Crippen molar-refractivity contribution in [1.82, 2.24) is 5.32 Å². The van der Waals surface area contributed by atoms with Gasteiger partial charge in [-0.2, -0.15) is 13.2 Å². The molecule has 3 aromatic rings. The molecule has 1 amide bonds. The van der Waals surface area contributed by atoms with Gasteiger partial charge < -0.3 is 5.32 Å². The summed E-state index contributed by atoms with van der Waals surface area (Å²) in [4.78, 5) is 12.5. The van der Waals surface area contributed by atoms with Crippen LogP contribution in [0.3, 0.4) is 0 Å². The van der Waals surface area contributed by atoms with Crippen LogP contribution in [0.1, 0.15) is 39.9 Å². The predicted octanol–water partition coefficient (Wildman–Crippen LogP) is 5.86. The molecule has 0 aliphatic rings. The maximum Gasteiger partial charge on any atom is 0.417 e. The number of anilines is 1. The van der Waals surface area contributed by atoms with Gasteiger partial charge in [0.2, 0.25) is 10.0 Å². The number of benzene rings is 3. The van der Waals surface area contributed by atoms with Gasteiger partial charge in [0.15, 0.2) is 0 Å². The molecular weight excluding hydrogens is 501 g/mol. The third-order valence-electron chi connectivity index (χ3n) is 5.42. The Morgan fingerprint density at radius 3 is 2.23 bits per heavy atom. The van der Waals surface area contributed by atoms with Crippen LogP contribution in [0, 0.1) is 0 Å². The topological polar surface area (TPSA) is 66.5 Å². The van der Waals surface area contributed by atoms with E-state index in [0.717, 1.165) is 22.2 Å². The summed E-state index contributed by atoms with van der Waals surface area (Å²) in [7, 11) is -3.92. The molecule has 0 aliphatic carbocycles. The molecule has 186 valence electrons. The van der Waals surface area contributed by atoms with Gasteiger partial charge in [0.25, 0.3) is 5.91 Å². The zero-order valence-electron chi connectivity index (χ0n) is 19.0. The number of nitrogens with one attached hydrogen (secondary N) is 1. The Labute approximate surface area is 207 Å². The predicted molar refractivity (Wildman–Crippen MR) is 131 cm³/mol. The minimum atomic E-state index is -4.73. The monoisotopic (exact) mass is 524 g/mol. The van der Waals surface area contributed by atoms with Crippen LogP contribution in [-0.2, 0) is 22.7 Å². The second-order valence-corrected chi connectivity index (χ2v) is 10.5. The fraction of sp³-hybridized carbons (Fsp3) is 0.240. The molecule has 0 spiro atoms. The number of rotatable bonds is 8. The van der Waals surface area contributed by atoms with Gasteiger partial charge in [-0.3, -0.25) is 9.10 Å². The molecule has 10 heteroatoms. The van der Waals surface area contributed by atoms with E-state index in [1.54, 1.807) is 24.3 Å². The minimum absolute atomic E-state index is 0.115. The first-order chi connectivity index (χ1) is 16.4. The minimum Gasteiger partial charge on any atom is -0.351 e. The normalized spacial score (nSPS) is 12.7. The van der Waals surface area contributed by atoms with E-state index in [1.165, 1.54) is 6.07 Å². The molecule has 0 heterocycles. The second-order valence-electron chi connectivity index (χ2n) is 8.15. The Hall–Kier alpha value is -3.04. The van der Waals surface area contributed by atoms with Crippen LogP contribution in [0.4, 0.5) is 18.9 Å². The molecule has 0 bridgehead atoms. The first kappa shape index (κ1) is 26.6. The largest absolute Gasteiger partial charge is 0.417 e. The highest BCUT2D eigenvalue weighted by Gasteiger charge is 2.34. The van der Waals surface area contributed by atoms with Crippen LogP contribution in [-0.4, -0.2) is 27.1 Å². The first-order valence-electron chi connectivity index (χ1n) is 10.6. The molecule has 0 aliphatic heterocycles. The lowest BCUT2D eigenvalue weighted by Gasteiger charge is -2.24. The summed E-state index contributed by atoms with van der Waals surface area (Å²) >= 11 is 5.66. The summed E-state index contributed by atoms with van der Waals surface area (Å²) in [6, 6.07) is 18.9. The van der Waals surface area contributed by atoms with Crippen molar-refractivity contribution in [1.29, 1.82) is 0 Å². The highest BCUT2D eigenvalue weighted by molar-refractivity contribution is 7.92. The van der Waals surface area contributed by atoms with Gasteiger partial charge in [-0.05, 0) is 47.4 Å². The van der Waals surface area contributed by atoms with Crippen molar-refractivity contribution in [2.24, 2.45) is 0 Å². The van der Waals surface area contributed by atoms with E-state index in [-0.39, 0.29) is 24.1 Å². The number of alkyl halides is 3. The Morgan fingerprint density at radius 1 is 1.03 bits per heavy atom. The Kier molecular flexibility index (Phi) is 8.12. The Balaban J connectivity index is 1.73. The summed E-state index contributed by atoms with van der Waals surface area (Å²) in [6.07, 6.45) is -3.83. The molecule has 1 unspecified atom stereocenters. The summed E-state index contributed by atoms with van der Waals surface area (Å²) in [5.41, 5.74) is 0.682. The fourth-order valence-corrected chi connectivity index (χ4v) is 4.57.